The van der Waals surface area contributed by atoms with Gasteiger partial charge in [0.1, 0.15) is 11.4 Å². The van der Waals surface area contributed by atoms with Gasteiger partial charge in [0.05, 0.1) is 33.0 Å². The van der Waals surface area contributed by atoms with Gasteiger partial charge in [-0.3, -0.25) is 9.59 Å². The van der Waals surface area contributed by atoms with Gasteiger partial charge in [-0.2, -0.15) is 17.9 Å². The van der Waals surface area contributed by atoms with Crippen molar-refractivity contribution in [3.05, 3.63) is 66.7 Å². The average molecular weight is 747 g/mol. The molecule has 0 aliphatic rings. The van der Waals surface area contributed by atoms with E-state index in [1.807, 2.05) is 34.6 Å². The van der Waals surface area contributed by atoms with Crippen molar-refractivity contribution in [2.75, 3.05) is 12.5 Å². The number of nitrogens with zero attached hydrogens (tertiary/aromatic N) is 3. The number of rotatable bonds is 8. The van der Waals surface area contributed by atoms with Crippen LogP contribution in [-0.4, -0.2) is 43.6 Å². The summed E-state index contributed by atoms with van der Waals surface area (Å²) in [6, 6.07) is 3.11. The van der Waals surface area contributed by atoms with E-state index in [0.29, 0.717) is 45.9 Å². The van der Waals surface area contributed by atoms with Crippen LogP contribution in [0.5, 0.6) is 5.75 Å². The number of benzene rings is 1. The second kappa shape index (κ2) is 16.2. The molecule has 2 aromatic heterocycles. The Labute approximate surface area is 287 Å². The molecule has 0 fully saturated rings. The van der Waals surface area contributed by atoms with E-state index in [1.54, 1.807) is 19.9 Å². The molecule has 0 unspecified atom stereocenters. The Hall–Kier alpha value is -2.62. The highest BCUT2D eigenvalue weighted by Gasteiger charge is 2.42. The van der Waals surface area contributed by atoms with Crippen molar-refractivity contribution in [3.8, 4) is 11.4 Å². The Bertz CT molecular complexity index is 1670. The fourth-order valence-corrected chi connectivity index (χ4v) is 5.40. The summed E-state index contributed by atoms with van der Waals surface area (Å²) in [5.74, 6) is -0.112. The zero-order valence-corrected chi connectivity index (χ0v) is 30.1. The van der Waals surface area contributed by atoms with Crippen LogP contribution in [0.1, 0.15) is 98.4 Å². The van der Waals surface area contributed by atoms with Crippen LogP contribution >= 0.6 is 46.7 Å². The van der Waals surface area contributed by atoms with Gasteiger partial charge in [0.25, 0.3) is 6.43 Å². The van der Waals surface area contributed by atoms with Gasteiger partial charge in [-0.25, -0.2) is 18.6 Å². The molecule has 47 heavy (non-hydrogen) atoms. The second-order valence-electron chi connectivity index (χ2n) is 11.7. The Morgan fingerprint density at radius 1 is 0.979 bits per heavy atom. The highest BCUT2D eigenvalue weighted by atomic mass is 35.5. The minimum Gasteiger partial charge on any atom is -0.489 e. The fourth-order valence-electron chi connectivity index (χ4n) is 4.04. The molecule has 3 rings (SSSR count). The highest BCUT2D eigenvalue weighted by Crippen LogP contribution is 2.40. The van der Waals surface area contributed by atoms with Crippen LogP contribution in [0.15, 0.2) is 21.3 Å². The third-order valence-corrected chi connectivity index (χ3v) is 7.72. The summed E-state index contributed by atoms with van der Waals surface area (Å²) >= 11 is 13.4. The number of alkyl halides is 5. The van der Waals surface area contributed by atoms with Crippen molar-refractivity contribution >= 4 is 57.0 Å². The van der Waals surface area contributed by atoms with Gasteiger partial charge >= 0.3 is 11.9 Å². The zero-order valence-electron chi connectivity index (χ0n) is 26.9. The van der Waals surface area contributed by atoms with E-state index in [4.69, 9.17) is 32.4 Å². The Balaban J connectivity index is 0.000000329. The molecule has 0 bridgehead atoms. The maximum atomic E-state index is 13.4. The monoisotopic (exact) mass is 745 g/mol. The molecule has 0 amide bonds. The molecule has 0 aliphatic heterocycles. The molecule has 3 aromatic rings. The fraction of sp³-hybridized carbons (Fsp3) is 0.500. The molecule has 2 heterocycles. The number of hydrogen-bond acceptors (Lipinski definition) is 9. The first-order valence-corrected chi connectivity index (χ1v) is 17.1. The maximum Gasteiger partial charge on any atom is 0.442 e. The lowest BCUT2D eigenvalue weighted by Crippen LogP contribution is -2.23. The second-order valence-corrected chi connectivity index (χ2v) is 14.1. The number of carbonyl (C=O) groups is 2. The molecule has 0 aliphatic carbocycles. The van der Waals surface area contributed by atoms with Crippen molar-refractivity contribution in [1.82, 2.24) is 14.8 Å². The van der Waals surface area contributed by atoms with E-state index >= 15 is 0 Å². The van der Waals surface area contributed by atoms with Crippen molar-refractivity contribution < 1.29 is 40.7 Å². The summed E-state index contributed by atoms with van der Waals surface area (Å²) in [4.78, 5) is 39.4. The number of pyridine rings is 1. The lowest BCUT2D eigenvalue weighted by atomic mass is 9.92. The summed E-state index contributed by atoms with van der Waals surface area (Å²) in [5, 5.41) is 3.06. The highest BCUT2D eigenvalue weighted by molar-refractivity contribution is 8.13. The smallest absolute Gasteiger partial charge is 0.442 e. The summed E-state index contributed by atoms with van der Waals surface area (Å²) in [5.41, 5.74) is -4.65. The molecule has 8 nitrogen and oxygen atoms in total. The average Bonchev–Trinajstić information content (AvgIpc) is 3.34. The van der Waals surface area contributed by atoms with E-state index in [-0.39, 0.29) is 34.4 Å². The van der Waals surface area contributed by atoms with Crippen LogP contribution in [0.25, 0.3) is 5.69 Å². The van der Waals surface area contributed by atoms with Gasteiger partial charge in [0.2, 0.25) is 16.1 Å². The van der Waals surface area contributed by atoms with Gasteiger partial charge in [-0.15, -0.1) is 5.10 Å². The molecule has 0 atom stereocenters. The van der Waals surface area contributed by atoms with E-state index in [0.717, 1.165) is 4.68 Å². The first-order valence-electron chi connectivity index (χ1n) is 13.9. The van der Waals surface area contributed by atoms with Gasteiger partial charge < -0.3 is 9.15 Å². The summed E-state index contributed by atoms with van der Waals surface area (Å²) in [6.45, 7) is 12.8. The minimum absolute atomic E-state index is 0.0642. The number of ether oxygens (including phenoxy) is 1. The molecule has 260 valence electrons. The van der Waals surface area contributed by atoms with Gasteiger partial charge in [-0.1, -0.05) is 81.3 Å². The predicted molar refractivity (Wildman–Crippen MR) is 175 cm³/mol. The first-order chi connectivity index (χ1) is 21.5. The lowest BCUT2D eigenvalue weighted by Gasteiger charge is -2.21. The third-order valence-electron chi connectivity index (χ3n) is 5.98. The van der Waals surface area contributed by atoms with E-state index in [1.165, 1.54) is 18.6 Å². The van der Waals surface area contributed by atoms with Gasteiger partial charge in [-0.05, 0) is 50.3 Å². The molecule has 1 aromatic carbocycles. The molecule has 0 radical (unpaired) electrons. The SMILES string of the molecule is CC(C)Oc1cc(-n2nc(C(C)(C)C)oc2=O)c(Cl)cc1Cl.CSC(=O)c1c(C(F)F)nc(C(F)(F)F)c(C(=O)SC)c1CC(C)C. The number of carbonyl (C=O) groups excluding carboxylic acids is 2. The molecule has 0 N–H and O–H groups in total. The summed E-state index contributed by atoms with van der Waals surface area (Å²) < 4.78 is 78.7. The quantitative estimate of drug-likeness (QED) is 0.209. The van der Waals surface area contributed by atoms with E-state index in [9.17, 15) is 36.3 Å². The minimum atomic E-state index is -5.10. The Morgan fingerprint density at radius 2 is 1.53 bits per heavy atom. The van der Waals surface area contributed by atoms with Gasteiger partial charge in [0.15, 0.2) is 5.69 Å². The van der Waals surface area contributed by atoms with Crippen molar-refractivity contribution in [3.63, 3.8) is 0 Å². The summed E-state index contributed by atoms with van der Waals surface area (Å²) in [7, 11) is 0. The lowest BCUT2D eigenvalue weighted by molar-refractivity contribution is -0.141. The Kier molecular flexibility index (Phi) is 14.0. The zero-order chi connectivity index (χ0) is 36.2. The molecule has 0 saturated carbocycles. The van der Waals surface area contributed by atoms with Crippen LogP contribution in [0.3, 0.4) is 0 Å². The molecule has 0 saturated heterocycles. The maximum absolute atomic E-state index is 13.4. The normalized spacial score (nSPS) is 12.1. The van der Waals surface area contributed by atoms with Gasteiger partial charge in [0, 0.05) is 11.5 Å². The number of hydrogen-bond donors (Lipinski definition) is 0. The van der Waals surface area contributed by atoms with Crippen molar-refractivity contribution in [2.45, 2.75) is 79.0 Å². The van der Waals surface area contributed by atoms with Crippen LogP contribution in [0, 0.1) is 5.92 Å². The molecular weight excluding hydrogens is 712 g/mol. The number of thioether (sulfide) groups is 2. The number of halogens is 7. The topological polar surface area (TPSA) is 104 Å². The molecular formula is C30H34Cl2F5N3O5S2. The predicted octanol–water partition coefficient (Wildman–Crippen LogP) is 9.46. The van der Waals surface area contributed by atoms with E-state index < -0.39 is 51.1 Å². The van der Waals surface area contributed by atoms with Crippen LogP contribution in [0.4, 0.5) is 22.0 Å². The Morgan fingerprint density at radius 3 is 1.96 bits per heavy atom. The molecule has 0 spiro atoms. The van der Waals surface area contributed by atoms with Crippen molar-refractivity contribution in [2.24, 2.45) is 5.92 Å². The molecule has 17 heteroatoms. The van der Waals surface area contributed by atoms with Crippen LogP contribution in [0.2, 0.25) is 10.0 Å². The largest absolute Gasteiger partial charge is 0.489 e. The standard InChI is InChI=1S/C15H18Cl2N2O3.C15H16F5NO2S2/c1-8(2)21-12-7-11(9(16)6-10(12)17)19-14(20)22-13(18-19)15(3,4)5;1-6(2)5-7-8(13(22)24-3)10(12(16)17)21-11(15(18,19)20)9(7)14(23)25-4/h6-8H,1-5H3;6,12H,5H2,1-4H3. The van der Waals surface area contributed by atoms with Crippen LogP contribution < -0.4 is 10.5 Å². The summed E-state index contributed by atoms with van der Waals surface area (Å²) in [6.07, 6.45) is -6.07. The third kappa shape index (κ3) is 10.2. The van der Waals surface area contributed by atoms with Crippen molar-refractivity contribution in [1.29, 1.82) is 0 Å². The van der Waals surface area contributed by atoms with Crippen LogP contribution in [-0.2, 0) is 18.0 Å². The number of aromatic nitrogens is 3. The first kappa shape index (κ1) is 40.6. The van der Waals surface area contributed by atoms with E-state index in [2.05, 4.69) is 10.1 Å².